The minimum absolute atomic E-state index is 0. The highest BCUT2D eigenvalue weighted by Gasteiger charge is 2.42. The zero-order valence-corrected chi connectivity index (χ0v) is 16.9. The van der Waals surface area contributed by atoms with Crippen molar-refractivity contribution in [3.63, 3.8) is 0 Å². The van der Waals surface area contributed by atoms with Crippen molar-refractivity contribution < 1.29 is 14.2 Å². The summed E-state index contributed by atoms with van der Waals surface area (Å²) in [7, 11) is 0. The second kappa shape index (κ2) is 9.14. The van der Waals surface area contributed by atoms with Gasteiger partial charge < -0.3 is 20.1 Å². The van der Waals surface area contributed by atoms with E-state index in [0.29, 0.717) is 5.56 Å². The number of guanidine groups is 1. The first-order valence-corrected chi connectivity index (χ1v) is 8.67. The number of hydrogen-bond donors (Lipinski definition) is 2. The Labute approximate surface area is 165 Å². The smallest absolute Gasteiger partial charge is 0.194 e. The van der Waals surface area contributed by atoms with Crippen LogP contribution in [0.3, 0.4) is 0 Å². The molecule has 3 rings (SSSR count). The third-order valence-corrected chi connectivity index (χ3v) is 4.94. The summed E-state index contributed by atoms with van der Waals surface area (Å²) in [6.07, 6.45) is 1.26. The van der Waals surface area contributed by atoms with Crippen LogP contribution in [0.2, 0.25) is 0 Å². The molecule has 2 saturated heterocycles. The van der Waals surface area contributed by atoms with E-state index in [-0.39, 0.29) is 35.9 Å². The molecular formula is C18H27FIN3O2. The van der Waals surface area contributed by atoms with E-state index in [1.54, 1.807) is 18.2 Å². The van der Waals surface area contributed by atoms with Crippen LogP contribution in [0.5, 0.6) is 0 Å². The van der Waals surface area contributed by atoms with Crippen LogP contribution in [0.15, 0.2) is 29.3 Å². The van der Waals surface area contributed by atoms with E-state index >= 15 is 0 Å². The molecule has 0 bridgehead atoms. The van der Waals surface area contributed by atoms with Crippen LogP contribution in [0.25, 0.3) is 0 Å². The highest BCUT2D eigenvalue weighted by Crippen LogP contribution is 2.38. The average molecular weight is 463 g/mol. The lowest BCUT2D eigenvalue weighted by Crippen LogP contribution is -2.41. The van der Waals surface area contributed by atoms with Crippen LogP contribution >= 0.6 is 24.0 Å². The summed E-state index contributed by atoms with van der Waals surface area (Å²) in [5, 5.41) is 13.5. The van der Waals surface area contributed by atoms with Crippen molar-refractivity contribution in [2.75, 3.05) is 39.4 Å². The average Bonchev–Trinajstić information content (AvgIpc) is 3.22. The standard InChI is InChI=1S/C18H26FN3O2.HI/c1-2-20-17(22-9-7-18(12-22)8-10-24-13-18)21-11-16(23)14-5-3-4-6-15(14)19;/h3-6,16,23H,2,7-13H2,1H3,(H,20,21);1H. The predicted octanol–water partition coefficient (Wildman–Crippen LogP) is 2.56. The number of hydrogen-bond acceptors (Lipinski definition) is 3. The molecule has 2 N–H and O–H groups in total. The Hall–Kier alpha value is -0.930. The van der Waals surface area contributed by atoms with Gasteiger partial charge in [-0.3, -0.25) is 4.99 Å². The maximum absolute atomic E-state index is 13.8. The Morgan fingerprint density at radius 2 is 2.24 bits per heavy atom. The van der Waals surface area contributed by atoms with E-state index in [9.17, 15) is 9.50 Å². The summed E-state index contributed by atoms with van der Waals surface area (Å²) in [5.74, 6) is 0.394. The first-order valence-electron chi connectivity index (χ1n) is 8.67. The second-order valence-electron chi connectivity index (χ2n) is 6.71. The predicted molar refractivity (Wildman–Crippen MR) is 107 cm³/mol. The highest BCUT2D eigenvalue weighted by atomic mass is 127. The number of nitrogens with zero attached hydrogens (tertiary/aromatic N) is 2. The van der Waals surface area contributed by atoms with Gasteiger partial charge in [0.05, 0.1) is 13.2 Å². The summed E-state index contributed by atoms with van der Waals surface area (Å²) >= 11 is 0. The molecule has 0 amide bonds. The fourth-order valence-electron chi connectivity index (χ4n) is 3.53. The minimum atomic E-state index is -0.939. The Kier molecular flexibility index (Phi) is 7.45. The maximum Gasteiger partial charge on any atom is 0.194 e. The van der Waals surface area contributed by atoms with Crippen molar-refractivity contribution in [1.29, 1.82) is 0 Å². The summed E-state index contributed by atoms with van der Waals surface area (Å²) in [6, 6.07) is 6.30. The molecule has 25 heavy (non-hydrogen) atoms. The number of ether oxygens (including phenoxy) is 1. The zero-order chi connectivity index (χ0) is 17.0. The van der Waals surface area contributed by atoms with Gasteiger partial charge in [0.15, 0.2) is 5.96 Å². The summed E-state index contributed by atoms with van der Waals surface area (Å²) in [6.45, 7) is 6.44. The van der Waals surface area contributed by atoms with Crippen LogP contribution in [-0.4, -0.2) is 55.4 Å². The number of rotatable bonds is 4. The molecule has 7 heteroatoms. The van der Waals surface area contributed by atoms with Crippen LogP contribution < -0.4 is 5.32 Å². The van der Waals surface area contributed by atoms with Crippen molar-refractivity contribution in [2.45, 2.75) is 25.9 Å². The van der Waals surface area contributed by atoms with Gasteiger partial charge in [-0.05, 0) is 25.8 Å². The van der Waals surface area contributed by atoms with Gasteiger partial charge in [-0.2, -0.15) is 0 Å². The number of likely N-dealkylation sites (tertiary alicyclic amines) is 1. The first-order chi connectivity index (χ1) is 11.6. The number of benzene rings is 1. The Balaban J connectivity index is 0.00000225. The molecule has 2 fully saturated rings. The second-order valence-corrected chi connectivity index (χ2v) is 6.71. The van der Waals surface area contributed by atoms with E-state index < -0.39 is 11.9 Å². The fourth-order valence-corrected chi connectivity index (χ4v) is 3.53. The number of aliphatic imine (C=N–C) groups is 1. The zero-order valence-electron chi connectivity index (χ0n) is 14.6. The topological polar surface area (TPSA) is 57.1 Å². The van der Waals surface area contributed by atoms with Gasteiger partial charge in [0, 0.05) is 37.2 Å². The number of aliphatic hydroxyl groups is 1. The summed E-state index contributed by atoms with van der Waals surface area (Å²) in [5.41, 5.74) is 0.541. The van der Waals surface area contributed by atoms with Crippen LogP contribution in [0, 0.1) is 11.2 Å². The van der Waals surface area contributed by atoms with Gasteiger partial charge in [-0.1, -0.05) is 18.2 Å². The van der Waals surface area contributed by atoms with E-state index in [2.05, 4.69) is 15.2 Å². The molecule has 0 aliphatic carbocycles. The molecule has 1 aromatic rings. The summed E-state index contributed by atoms with van der Waals surface area (Å²) < 4.78 is 19.3. The van der Waals surface area contributed by atoms with Gasteiger partial charge in [-0.25, -0.2) is 4.39 Å². The fraction of sp³-hybridized carbons (Fsp3) is 0.611. The molecule has 140 valence electrons. The largest absolute Gasteiger partial charge is 0.386 e. The van der Waals surface area contributed by atoms with Gasteiger partial charge in [0.25, 0.3) is 0 Å². The molecule has 0 aromatic heterocycles. The van der Waals surface area contributed by atoms with E-state index in [1.165, 1.54) is 6.07 Å². The monoisotopic (exact) mass is 463 g/mol. The summed E-state index contributed by atoms with van der Waals surface area (Å²) in [4.78, 5) is 6.77. The van der Waals surface area contributed by atoms with E-state index in [0.717, 1.165) is 51.6 Å². The third kappa shape index (κ3) is 4.83. The van der Waals surface area contributed by atoms with Gasteiger partial charge in [0.1, 0.15) is 11.9 Å². The van der Waals surface area contributed by atoms with Crippen LogP contribution in [0.4, 0.5) is 4.39 Å². The van der Waals surface area contributed by atoms with Crippen LogP contribution in [0.1, 0.15) is 31.4 Å². The lowest BCUT2D eigenvalue weighted by Gasteiger charge is -2.25. The molecule has 1 aromatic carbocycles. The maximum atomic E-state index is 13.8. The highest BCUT2D eigenvalue weighted by molar-refractivity contribution is 14.0. The number of halogens is 2. The first kappa shape index (κ1) is 20.4. The minimum Gasteiger partial charge on any atom is -0.386 e. The molecular weight excluding hydrogens is 436 g/mol. The van der Waals surface area contributed by atoms with E-state index in [1.807, 2.05) is 6.92 Å². The SMILES string of the molecule is CCNC(=NCC(O)c1ccccc1F)N1CCC2(CCOC2)C1.I. The lowest BCUT2D eigenvalue weighted by atomic mass is 9.87. The van der Waals surface area contributed by atoms with E-state index in [4.69, 9.17) is 4.74 Å². The quantitative estimate of drug-likeness (QED) is 0.410. The Morgan fingerprint density at radius 1 is 1.44 bits per heavy atom. The molecule has 5 nitrogen and oxygen atoms in total. The third-order valence-electron chi connectivity index (χ3n) is 4.94. The van der Waals surface area contributed by atoms with Crippen molar-refractivity contribution in [2.24, 2.45) is 10.4 Å². The molecule has 0 saturated carbocycles. The molecule has 2 aliphatic heterocycles. The Bertz CT molecular complexity index is 593. The van der Waals surface area contributed by atoms with Gasteiger partial charge >= 0.3 is 0 Å². The van der Waals surface area contributed by atoms with Crippen molar-refractivity contribution in [3.8, 4) is 0 Å². The molecule has 0 radical (unpaired) electrons. The number of nitrogens with one attached hydrogen (secondary N) is 1. The van der Waals surface area contributed by atoms with Crippen LogP contribution in [-0.2, 0) is 4.74 Å². The van der Waals surface area contributed by atoms with Crippen molar-refractivity contribution >= 4 is 29.9 Å². The van der Waals surface area contributed by atoms with Gasteiger partial charge in [-0.15, -0.1) is 24.0 Å². The van der Waals surface area contributed by atoms with Crippen molar-refractivity contribution in [3.05, 3.63) is 35.6 Å². The number of aliphatic hydroxyl groups excluding tert-OH is 1. The molecule has 2 atom stereocenters. The lowest BCUT2D eigenvalue weighted by molar-refractivity contribution is 0.156. The van der Waals surface area contributed by atoms with Gasteiger partial charge in [0.2, 0.25) is 0 Å². The van der Waals surface area contributed by atoms with Crippen molar-refractivity contribution in [1.82, 2.24) is 10.2 Å². The molecule has 1 spiro atoms. The molecule has 2 aliphatic rings. The molecule has 2 heterocycles. The Morgan fingerprint density at radius 3 is 2.92 bits per heavy atom. The normalized spacial score (nSPS) is 24.4. The molecule has 2 unspecified atom stereocenters.